The van der Waals surface area contributed by atoms with E-state index in [1.54, 1.807) is 18.8 Å². The Kier molecular flexibility index (Phi) is 5.82. The van der Waals surface area contributed by atoms with Crippen molar-refractivity contribution >= 4 is 43.9 Å². The molecule has 0 aliphatic rings. The van der Waals surface area contributed by atoms with Gasteiger partial charge in [0.1, 0.15) is 0 Å². The Labute approximate surface area is 180 Å². The zero-order valence-corrected chi connectivity index (χ0v) is 18.0. The van der Waals surface area contributed by atoms with E-state index >= 15 is 0 Å². The van der Waals surface area contributed by atoms with Gasteiger partial charge in [-0.3, -0.25) is 14.2 Å². The molecule has 30 heavy (non-hydrogen) atoms. The molecule has 7 nitrogen and oxygen atoms in total. The first-order valence-electron chi connectivity index (χ1n) is 9.15. The second-order valence-electron chi connectivity index (χ2n) is 6.39. The van der Waals surface area contributed by atoms with Crippen molar-refractivity contribution in [3.05, 3.63) is 57.5 Å². The van der Waals surface area contributed by atoms with Crippen molar-refractivity contribution in [3.8, 4) is 22.8 Å². The number of benzene rings is 2. The van der Waals surface area contributed by atoms with Crippen LogP contribution in [0.15, 0.2) is 52.6 Å². The Balaban J connectivity index is 1.43. The van der Waals surface area contributed by atoms with E-state index in [0.717, 1.165) is 21.5 Å². The number of fused-ring (bicyclic) bond motifs is 1. The van der Waals surface area contributed by atoms with Crippen LogP contribution in [0.25, 0.3) is 21.5 Å². The Bertz CT molecular complexity index is 1260. The third-order valence-corrected chi connectivity index (χ3v) is 6.28. The highest BCUT2D eigenvalue weighted by Gasteiger charge is 2.13. The van der Waals surface area contributed by atoms with E-state index in [4.69, 9.17) is 9.47 Å². The number of aryl methyl sites for hydroxylation is 1. The molecule has 9 heteroatoms. The number of anilines is 1. The molecule has 2 aromatic heterocycles. The number of methoxy groups -OCH3 is 2. The van der Waals surface area contributed by atoms with E-state index in [0.29, 0.717) is 23.2 Å². The van der Waals surface area contributed by atoms with Crippen LogP contribution in [-0.4, -0.2) is 29.7 Å². The minimum Gasteiger partial charge on any atom is -0.493 e. The SMILES string of the molecule is COc1ccc(-c2csc(NC(=O)CCn3c(=O)sc4ccccc43)n2)cc1OC. The summed E-state index contributed by atoms with van der Waals surface area (Å²) >= 11 is 2.53. The molecule has 0 saturated carbocycles. The zero-order valence-electron chi connectivity index (χ0n) is 16.4. The molecule has 4 aromatic rings. The van der Waals surface area contributed by atoms with Crippen LogP contribution in [0, 0.1) is 0 Å². The molecule has 4 rings (SSSR count). The lowest BCUT2D eigenvalue weighted by Crippen LogP contribution is -2.19. The van der Waals surface area contributed by atoms with Crippen molar-refractivity contribution in [3.63, 3.8) is 0 Å². The average Bonchev–Trinajstić information content (AvgIpc) is 3.35. The lowest BCUT2D eigenvalue weighted by atomic mass is 10.1. The van der Waals surface area contributed by atoms with Crippen molar-refractivity contribution in [1.82, 2.24) is 9.55 Å². The number of hydrogen-bond donors (Lipinski definition) is 1. The van der Waals surface area contributed by atoms with Crippen LogP contribution < -0.4 is 19.7 Å². The van der Waals surface area contributed by atoms with Gasteiger partial charge in [-0.25, -0.2) is 4.98 Å². The number of ether oxygens (including phenoxy) is 2. The summed E-state index contributed by atoms with van der Waals surface area (Å²) in [6.45, 7) is 0.322. The molecule has 0 saturated heterocycles. The molecule has 1 amide bonds. The van der Waals surface area contributed by atoms with Gasteiger partial charge in [0.25, 0.3) is 0 Å². The third kappa shape index (κ3) is 4.07. The molecule has 0 spiro atoms. The van der Waals surface area contributed by atoms with Gasteiger partial charge < -0.3 is 14.8 Å². The van der Waals surface area contributed by atoms with Crippen LogP contribution in [-0.2, 0) is 11.3 Å². The highest BCUT2D eigenvalue weighted by atomic mass is 32.1. The van der Waals surface area contributed by atoms with Crippen LogP contribution in [0.5, 0.6) is 11.5 Å². The van der Waals surface area contributed by atoms with E-state index < -0.39 is 0 Å². The number of amides is 1. The normalized spacial score (nSPS) is 10.9. The average molecular weight is 442 g/mol. The second-order valence-corrected chi connectivity index (χ2v) is 8.24. The summed E-state index contributed by atoms with van der Waals surface area (Å²) < 4.78 is 13.1. The summed E-state index contributed by atoms with van der Waals surface area (Å²) in [5.41, 5.74) is 2.45. The van der Waals surface area contributed by atoms with Crippen LogP contribution in [0.2, 0.25) is 0 Å². The van der Waals surface area contributed by atoms with E-state index in [1.807, 2.05) is 47.8 Å². The summed E-state index contributed by atoms with van der Waals surface area (Å²) in [5, 5.41) is 5.19. The smallest absolute Gasteiger partial charge is 0.308 e. The predicted molar refractivity (Wildman–Crippen MR) is 120 cm³/mol. The maximum Gasteiger partial charge on any atom is 0.308 e. The lowest BCUT2D eigenvalue weighted by molar-refractivity contribution is -0.116. The summed E-state index contributed by atoms with van der Waals surface area (Å²) in [6, 6.07) is 13.1. The molecule has 0 radical (unpaired) electrons. The molecule has 154 valence electrons. The Hall–Kier alpha value is -3.17. The summed E-state index contributed by atoms with van der Waals surface area (Å²) in [4.78, 5) is 29.0. The molecule has 0 aliphatic heterocycles. The summed E-state index contributed by atoms with van der Waals surface area (Å²) in [7, 11) is 3.16. The van der Waals surface area contributed by atoms with Crippen molar-refractivity contribution in [2.24, 2.45) is 0 Å². The second kappa shape index (κ2) is 8.68. The molecule has 0 atom stereocenters. The Morgan fingerprint density at radius 2 is 1.93 bits per heavy atom. The number of aromatic nitrogens is 2. The monoisotopic (exact) mass is 441 g/mol. The van der Waals surface area contributed by atoms with Crippen molar-refractivity contribution in [1.29, 1.82) is 0 Å². The number of nitrogens with zero attached hydrogens (tertiary/aromatic N) is 2. The quantitative estimate of drug-likeness (QED) is 0.464. The third-order valence-electron chi connectivity index (χ3n) is 4.57. The van der Waals surface area contributed by atoms with Crippen molar-refractivity contribution in [2.45, 2.75) is 13.0 Å². The first-order valence-corrected chi connectivity index (χ1v) is 10.8. The van der Waals surface area contributed by atoms with Crippen LogP contribution in [0.3, 0.4) is 0 Å². The van der Waals surface area contributed by atoms with Crippen molar-refractivity contribution < 1.29 is 14.3 Å². The van der Waals surface area contributed by atoms with Gasteiger partial charge in [0, 0.05) is 23.9 Å². The van der Waals surface area contributed by atoms with Gasteiger partial charge in [-0.05, 0) is 30.3 Å². The summed E-state index contributed by atoms with van der Waals surface area (Å²) in [6.07, 6.45) is 0.186. The number of carbonyl (C=O) groups is 1. The zero-order chi connectivity index (χ0) is 21.1. The minimum absolute atomic E-state index is 0.0611. The maximum absolute atomic E-state index is 12.4. The Morgan fingerprint density at radius 3 is 2.73 bits per heavy atom. The van der Waals surface area contributed by atoms with E-state index in [-0.39, 0.29) is 17.2 Å². The number of para-hydroxylation sites is 1. The highest BCUT2D eigenvalue weighted by molar-refractivity contribution is 7.16. The number of hydrogen-bond acceptors (Lipinski definition) is 7. The van der Waals surface area contributed by atoms with E-state index in [1.165, 1.54) is 22.7 Å². The van der Waals surface area contributed by atoms with Gasteiger partial charge in [-0.1, -0.05) is 23.5 Å². The first-order chi connectivity index (χ1) is 14.6. The topological polar surface area (TPSA) is 82.5 Å². The molecular weight excluding hydrogens is 422 g/mol. The number of thiazole rings is 2. The largest absolute Gasteiger partial charge is 0.493 e. The fraction of sp³-hybridized carbons (Fsp3) is 0.190. The van der Waals surface area contributed by atoms with Gasteiger partial charge >= 0.3 is 4.87 Å². The summed E-state index contributed by atoms with van der Waals surface area (Å²) in [5.74, 6) is 1.06. The molecular formula is C21H19N3O4S2. The minimum atomic E-state index is -0.189. The first kappa shape index (κ1) is 20.1. The Morgan fingerprint density at radius 1 is 1.13 bits per heavy atom. The lowest BCUT2D eigenvalue weighted by Gasteiger charge is -2.08. The van der Waals surface area contributed by atoms with E-state index in [2.05, 4.69) is 10.3 Å². The number of nitrogens with one attached hydrogen (secondary N) is 1. The molecule has 0 unspecified atom stereocenters. The molecule has 2 heterocycles. The van der Waals surface area contributed by atoms with Gasteiger partial charge in [0.15, 0.2) is 16.6 Å². The van der Waals surface area contributed by atoms with Crippen LogP contribution in [0.1, 0.15) is 6.42 Å². The fourth-order valence-corrected chi connectivity index (χ4v) is 4.73. The highest BCUT2D eigenvalue weighted by Crippen LogP contribution is 2.33. The van der Waals surface area contributed by atoms with Gasteiger partial charge in [-0.2, -0.15) is 0 Å². The number of carbonyl (C=O) groups excluding carboxylic acids is 1. The van der Waals surface area contributed by atoms with Gasteiger partial charge in [0.05, 0.1) is 30.1 Å². The number of rotatable bonds is 7. The van der Waals surface area contributed by atoms with Crippen LogP contribution >= 0.6 is 22.7 Å². The molecule has 1 N–H and O–H groups in total. The molecule has 2 aromatic carbocycles. The van der Waals surface area contributed by atoms with Gasteiger partial charge in [-0.15, -0.1) is 11.3 Å². The molecule has 0 aliphatic carbocycles. The maximum atomic E-state index is 12.4. The van der Waals surface area contributed by atoms with Crippen LogP contribution in [0.4, 0.5) is 5.13 Å². The standard InChI is InChI=1S/C21H19N3O4S2/c1-27-16-8-7-13(11-17(16)28-2)14-12-29-20(22-14)23-19(25)9-10-24-15-5-3-4-6-18(15)30-21(24)26/h3-8,11-12H,9-10H2,1-2H3,(H,22,23,25). The molecule has 0 fully saturated rings. The van der Waals surface area contributed by atoms with E-state index in [9.17, 15) is 9.59 Å². The molecule has 0 bridgehead atoms. The van der Waals surface area contributed by atoms with Gasteiger partial charge in [0.2, 0.25) is 5.91 Å². The predicted octanol–water partition coefficient (Wildman–Crippen LogP) is 4.23. The fourth-order valence-electron chi connectivity index (χ4n) is 3.08. The van der Waals surface area contributed by atoms with Crippen molar-refractivity contribution in [2.75, 3.05) is 19.5 Å².